The van der Waals surface area contributed by atoms with E-state index < -0.39 is 0 Å². The molecule has 0 fully saturated rings. The van der Waals surface area contributed by atoms with E-state index in [4.69, 9.17) is 0 Å². The average molecular weight is 378 g/mol. The highest BCUT2D eigenvalue weighted by Crippen LogP contribution is 2.30. The number of nitrogens with one attached hydrogen (secondary N) is 1. The summed E-state index contributed by atoms with van der Waals surface area (Å²) in [4.78, 5) is 17.4. The number of aromatic nitrogens is 1. The van der Waals surface area contributed by atoms with Crippen LogP contribution in [0.1, 0.15) is 21.5 Å². The number of carbonyl (C=O) groups is 1. The maximum atomic E-state index is 13.2. The fourth-order valence-corrected chi connectivity index (χ4v) is 3.56. The predicted molar refractivity (Wildman–Crippen MR) is 119 cm³/mol. The molecule has 3 heteroatoms. The van der Waals surface area contributed by atoms with Crippen LogP contribution < -0.4 is 5.32 Å². The maximum absolute atomic E-state index is 13.2. The van der Waals surface area contributed by atoms with Crippen molar-refractivity contribution >= 4 is 11.6 Å². The lowest BCUT2D eigenvalue weighted by atomic mass is 9.92. The molecule has 1 aromatic heterocycles. The van der Waals surface area contributed by atoms with Gasteiger partial charge in [-0.3, -0.25) is 9.78 Å². The number of benzene rings is 3. The zero-order valence-electron chi connectivity index (χ0n) is 16.5. The lowest BCUT2D eigenvalue weighted by molar-refractivity contribution is 0.102. The molecule has 1 N–H and O–H groups in total. The largest absolute Gasteiger partial charge is 0.322 e. The minimum atomic E-state index is -0.113. The number of anilines is 1. The smallest absolute Gasteiger partial charge is 0.256 e. The van der Waals surface area contributed by atoms with Crippen LogP contribution in [0.3, 0.4) is 0 Å². The predicted octanol–water partition coefficient (Wildman–Crippen LogP) is 6.28. The van der Waals surface area contributed by atoms with Crippen LogP contribution in [-0.2, 0) is 0 Å². The van der Waals surface area contributed by atoms with Crippen LogP contribution in [0, 0.1) is 13.8 Å². The first-order chi connectivity index (χ1) is 14.1. The second-order valence-electron chi connectivity index (χ2n) is 7.09. The van der Waals surface area contributed by atoms with Gasteiger partial charge in [0, 0.05) is 23.6 Å². The van der Waals surface area contributed by atoms with E-state index in [1.54, 1.807) is 12.4 Å². The van der Waals surface area contributed by atoms with Crippen LogP contribution in [0.25, 0.3) is 22.3 Å². The Morgan fingerprint density at radius 1 is 0.724 bits per heavy atom. The molecule has 0 bridgehead atoms. The van der Waals surface area contributed by atoms with Gasteiger partial charge in [0.25, 0.3) is 5.91 Å². The number of hydrogen-bond donors (Lipinski definition) is 1. The standard InChI is InChI=1S/C26H22N2O/c1-18-10-11-19(2)25(24(18)22-9-6-16-27-17-22)26(29)28-23-14-12-21(13-15-23)20-7-4-3-5-8-20/h3-17H,1-2H3,(H,28,29). The molecular formula is C26H22N2O. The van der Waals surface area contributed by atoms with Crippen molar-refractivity contribution in [1.29, 1.82) is 0 Å². The third kappa shape index (κ3) is 3.94. The number of nitrogens with zero attached hydrogens (tertiary/aromatic N) is 1. The SMILES string of the molecule is Cc1ccc(C)c(-c2cccnc2)c1C(=O)Nc1ccc(-c2ccccc2)cc1. The van der Waals surface area contributed by atoms with Gasteiger partial charge in [-0.05, 0) is 59.9 Å². The van der Waals surface area contributed by atoms with Crippen molar-refractivity contribution in [2.75, 3.05) is 5.32 Å². The minimum absolute atomic E-state index is 0.113. The van der Waals surface area contributed by atoms with E-state index in [0.29, 0.717) is 5.56 Å². The zero-order valence-corrected chi connectivity index (χ0v) is 16.5. The van der Waals surface area contributed by atoms with Crippen molar-refractivity contribution in [2.45, 2.75) is 13.8 Å². The van der Waals surface area contributed by atoms with Gasteiger partial charge in [-0.25, -0.2) is 0 Å². The normalized spacial score (nSPS) is 10.6. The summed E-state index contributed by atoms with van der Waals surface area (Å²) in [5.41, 5.74) is 7.58. The van der Waals surface area contributed by atoms with Gasteiger partial charge in [0.15, 0.2) is 0 Å². The van der Waals surface area contributed by atoms with E-state index in [2.05, 4.69) is 22.4 Å². The first-order valence-corrected chi connectivity index (χ1v) is 9.61. The monoisotopic (exact) mass is 378 g/mol. The number of aryl methyl sites for hydroxylation is 2. The van der Waals surface area contributed by atoms with E-state index in [1.807, 2.05) is 80.6 Å². The second-order valence-corrected chi connectivity index (χ2v) is 7.09. The van der Waals surface area contributed by atoms with Gasteiger partial charge >= 0.3 is 0 Å². The lowest BCUT2D eigenvalue weighted by Gasteiger charge is -2.16. The highest BCUT2D eigenvalue weighted by atomic mass is 16.1. The van der Waals surface area contributed by atoms with Gasteiger partial charge in [-0.1, -0.05) is 60.7 Å². The fourth-order valence-electron chi connectivity index (χ4n) is 3.56. The molecule has 0 unspecified atom stereocenters. The van der Waals surface area contributed by atoms with Crippen LogP contribution in [-0.4, -0.2) is 10.9 Å². The van der Waals surface area contributed by atoms with E-state index in [0.717, 1.165) is 39.1 Å². The zero-order chi connectivity index (χ0) is 20.2. The van der Waals surface area contributed by atoms with Gasteiger partial charge in [0.1, 0.15) is 0 Å². The highest BCUT2D eigenvalue weighted by Gasteiger charge is 2.18. The Morgan fingerprint density at radius 3 is 2.07 bits per heavy atom. The van der Waals surface area contributed by atoms with Crippen LogP contribution in [0.2, 0.25) is 0 Å². The molecule has 3 aromatic carbocycles. The lowest BCUT2D eigenvalue weighted by Crippen LogP contribution is -2.15. The molecule has 142 valence electrons. The second kappa shape index (κ2) is 8.11. The molecule has 4 rings (SSSR count). The Hall–Kier alpha value is -3.72. The summed E-state index contributed by atoms with van der Waals surface area (Å²) in [5, 5.41) is 3.06. The molecule has 4 aromatic rings. The van der Waals surface area contributed by atoms with Crippen LogP contribution in [0.15, 0.2) is 91.3 Å². The Labute approximate surface area is 171 Å². The Kier molecular flexibility index (Phi) is 5.21. The van der Waals surface area contributed by atoms with Gasteiger partial charge in [0.2, 0.25) is 0 Å². The van der Waals surface area contributed by atoms with Crippen molar-refractivity contribution in [3.8, 4) is 22.3 Å². The average Bonchev–Trinajstić information content (AvgIpc) is 2.77. The number of hydrogen-bond acceptors (Lipinski definition) is 2. The topological polar surface area (TPSA) is 42.0 Å². The highest BCUT2D eigenvalue weighted by molar-refractivity contribution is 6.10. The van der Waals surface area contributed by atoms with E-state index in [9.17, 15) is 4.79 Å². The van der Waals surface area contributed by atoms with Crippen LogP contribution in [0.4, 0.5) is 5.69 Å². The third-order valence-corrected chi connectivity index (χ3v) is 5.05. The molecule has 0 aliphatic heterocycles. The Balaban J connectivity index is 1.65. The van der Waals surface area contributed by atoms with Crippen molar-refractivity contribution in [1.82, 2.24) is 4.98 Å². The number of amides is 1. The summed E-state index contributed by atoms with van der Waals surface area (Å²) in [6.45, 7) is 3.99. The Morgan fingerprint density at radius 2 is 1.38 bits per heavy atom. The van der Waals surface area contributed by atoms with E-state index >= 15 is 0 Å². The third-order valence-electron chi connectivity index (χ3n) is 5.05. The summed E-state index contributed by atoms with van der Waals surface area (Å²) in [6, 6.07) is 26.0. The van der Waals surface area contributed by atoms with Crippen molar-refractivity contribution < 1.29 is 4.79 Å². The number of carbonyl (C=O) groups excluding carboxylic acids is 1. The fraction of sp³-hybridized carbons (Fsp3) is 0.0769. The molecule has 0 saturated carbocycles. The van der Waals surface area contributed by atoms with Gasteiger partial charge in [-0.15, -0.1) is 0 Å². The molecule has 1 heterocycles. The summed E-state index contributed by atoms with van der Waals surface area (Å²) in [6.07, 6.45) is 3.54. The maximum Gasteiger partial charge on any atom is 0.256 e. The van der Waals surface area contributed by atoms with Crippen LogP contribution in [0.5, 0.6) is 0 Å². The molecular weight excluding hydrogens is 356 g/mol. The minimum Gasteiger partial charge on any atom is -0.322 e. The molecule has 0 aliphatic rings. The number of rotatable bonds is 4. The summed E-state index contributed by atoms with van der Waals surface area (Å²) in [7, 11) is 0. The summed E-state index contributed by atoms with van der Waals surface area (Å²) < 4.78 is 0. The van der Waals surface area contributed by atoms with Gasteiger partial charge in [0.05, 0.1) is 5.56 Å². The molecule has 29 heavy (non-hydrogen) atoms. The first-order valence-electron chi connectivity index (χ1n) is 9.61. The molecule has 0 atom stereocenters. The molecule has 3 nitrogen and oxygen atoms in total. The summed E-state index contributed by atoms with van der Waals surface area (Å²) >= 11 is 0. The molecule has 0 saturated heterocycles. The summed E-state index contributed by atoms with van der Waals surface area (Å²) in [5.74, 6) is -0.113. The first kappa shape index (κ1) is 18.6. The number of pyridine rings is 1. The Bertz CT molecular complexity index is 1130. The van der Waals surface area contributed by atoms with E-state index in [1.165, 1.54) is 0 Å². The molecule has 0 aliphatic carbocycles. The van der Waals surface area contributed by atoms with Crippen molar-refractivity contribution in [3.63, 3.8) is 0 Å². The van der Waals surface area contributed by atoms with Crippen molar-refractivity contribution in [3.05, 3.63) is 108 Å². The quantitative estimate of drug-likeness (QED) is 0.454. The van der Waals surface area contributed by atoms with E-state index in [-0.39, 0.29) is 5.91 Å². The molecule has 0 spiro atoms. The van der Waals surface area contributed by atoms with Crippen LogP contribution >= 0.6 is 0 Å². The molecule has 1 amide bonds. The molecule has 0 radical (unpaired) electrons. The van der Waals surface area contributed by atoms with Gasteiger partial charge < -0.3 is 5.32 Å². The van der Waals surface area contributed by atoms with Gasteiger partial charge in [-0.2, -0.15) is 0 Å². The van der Waals surface area contributed by atoms with Crippen molar-refractivity contribution in [2.24, 2.45) is 0 Å².